The predicted molar refractivity (Wildman–Crippen MR) is 117 cm³/mol. The molecular formula is C21H28Br2N2O2. The standard InChI is InChI=1S/C21H28Br2N2O2/c1-4-5-6-7-8-9-10-18-15(2)24-25(16(18)3)21(26)14-27-20-12-11-17(22)13-19(20)23/h11-13H,4-10,14H2,1-3H3. The molecule has 0 spiro atoms. The molecule has 27 heavy (non-hydrogen) atoms. The van der Waals surface area contributed by atoms with E-state index in [1.54, 1.807) is 0 Å². The van der Waals surface area contributed by atoms with Crippen molar-refractivity contribution in [3.63, 3.8) is 0 Å². The van der Waals surface area contributed by atoms with Crippen molar-refractivity contribution in [2.45, 2.75) is 65.7 Å². The van der Waals surface area contributed by atoms with Crippen molar-refractivity contribution in [2.24, 2.45) is 0 Å². The quantitative estimate of drug-likeness (QED) is 0.344. The zero-order chi connectivity index (χ0) is 19.8. The van der Waals surface area contributed by atoms with Gasteiger partial charge in [-0.25, -0.2) is 4.68 Å². The third-order valence-electron chi connectivity index (χ3n) is 4.70. The van der Waals surface area contributed by atoms with Crippen molar-refractivity contribution in [1.82, 2.24) is 9.78 Å². The molecule has 1 heterocycles. The molecule has 0 aliphatic carbocycles. The van der Waals surface area contributed by atoms with Gasteiger partial charge in [0.25, 0.3) is 5.91 Å². The summed E-state index contributed by atoms with van der Waals surface area (Å²) < 4.78 is 8.92. The summed E-state index contributed by atoms with van der Waals surface area (Å²) in [6.07, 6.45) is 8.55. The molecule has 4 nitrogen and oxygen atoms in total. The second kappa shape index (κ2) is 11.0. The summed E-state index contributed by atoms with van der Waals surface area (Å²) in [5, 5.41) is 4.46. The van der Waals surface area contributed by atoms with Gasteiger partial charge in [-0.1, -0.05) is 55.0 Å². The lowest BCUT2D eigenvalue weighted by Crippen LogP contribution is -2.22. The molecule has 0 radical (unpaired) electrons. The van der Waals surface area contributed by atoms with Crippen molar-refractivity contribution in [1.29, 1.82) is 0 Å². The molecule has 2 rings (SSSR count). The summed E-state index contributed by atoms with van der Waals surface area (Å²) in [4.78, 5) is 12.6. The Morgan fingerprint density at radius 1 is 1.11 bits per heavy atom. The fraction of sp³-hybridized carbons (Fsp3) is 0.524. The Morgan fingerprint density at radius 2 is 1.81 bits per heavy atom. The van der Waals surface area contributed by atoms with Crippen LogP contribution in [0, 0.1) is 13.8 Å². The van der Waals surface area contributed by atoms with Crippen molar-refractivity contribution in [3.8, 4) is 5.75 Å². The number of carbonyl (C=O) groups is 1. The van der Waals surface area contributed by atoms with E-state index in [1.807, 2.05) is 32.0 Å². The molecule has 6 heteroatoms. The molecule has 0 saturated carbocycles. The molecule has 0 fully saturated rings. The zero-order valence-electron chi connectivity index (χ0n) is 16.4. The van der Waals surface area contributed by atoms with E-state index in [0.717, 1.165) is 33.2 Å². The molecule has 0 aliphatic rings. The topological polar surface area (TPSA) is 44.1 Å². The number of unbranched alkanes of at least 4 members (excludes halogenated alkanes) is 5. The monoisotopic (exact) mass is 498 g/mol. The Labute approximate surface area is 178 Å². The van der Waals surface area contributed by atoms with E-state index in [2.05, 4.69) is 43.9 Å². The van der Waals surface area contributed by atoms with Crippen molar-refractivity contribution in [3.05, 3.63) is 44.1 Å². The van der Waals surface area contributed by atoms with Gasteiger partial charge >= 0.3 is 0 Å². The average molecular weight is 500 g/mol. The number of hydrogen-bond acceptors (Lipinski definition) is 3. The molecule has 1 aromatic carbocycles. The van der Waals surface area contributed by atoms with Gasteiger partial charge in [0.1, 0.15) is 5.75 Å². The van der Waals surface area contributed by atoms with Crippen LogP contribution in [0.1, 0.15) is 67.2 Å². The van der Waals surface area contributed by atoms with Crippen LogP contribution in [0.25, 0.3) is 0 Å². The number of aryl methyl sites for hydroxylation is 1. The van der Waals surface area contributed by atoms with E-state index in [4.69, 9.17) is 4.74 Å². The summed E-state index contributed by atoms with van der Waals surface area (Å²) in [5.74, 6) is 0.486. The van der Waals surface area contributed by atoms with Crippen molar-refractivity contribution in [2.75, 3.05) is 6.61 Å². The Morgan fingerprint density at radius 3 is 2.52 bits per heavy atom. The van der Waals surface area contributed by atoms with Gasteiger partial charge in [0, 0.05) is 10.2 Å². The van der Waals surface area contributed by atoms with Crippen LogP contribution in [0.2, 0.25) is 0 Å². The smallest absolute Gasteiger partial charge is 0.284 e. The summed E-state index contributed by atoms with van der Waals surface area (Å²) >= 11 is 6.85. The number of nitrogens with zero attached hydrogens (tertiary/aromatic N) is 2. The van der Waals surface area contributed by atoms with Crippen molar-refractivity contribution < 1.29 is 9.53 Å². The molecule has 2 aromatic rings. The van der Waals surface area contributed by atoms with Gasteiger partial charge < -0.3 is 4.74 Å². The van der Waals surface area contributed by atoms with Gasteiger partial charge in [-0.2, -0.15) is 5.10 Å². The van der Waals surface area contributed by atoms with Crippen molar-refractivity contribution >= 4 is 37.8 Å². The maximum atomic E-state index is 12.6. The highest BCUT2D eigenvalue weighted by Gasteiger charge is 2.17. The fourth-order valence-corrected chi connectivity index (χ4v) is 4.32. The maximum Gasteiger partial charge on any atom is 0.284 e. The number of aromatic nitrogens is 2. The molecule has 0 atom stereocenters. The Hall–Kier alpha value is -1.14. The third kappa shape index (κ3) is 6.46. The molecule has 1 aromatic heterocycles. The van der Waals surface area contributed by atoms with Crippen LogP contribution in [0.5, 0.6) is 5.75 Å². The van der Waals surface area contributed by atoms with Crippen LogP contribution < -0.4 is 4.74 Å². The number of benzene rings is 1. The first-order chi connectivity index (χ1) is 12.9. The molecule has 0 bridgehead atoms. The Kier molecular flexibility index (Phi) is 9.03. The van der Waals surface area contributed by atoms with Gasteiger partial charge in [0.15, 0.2) is 6.61 Å². The van der Waals surface area contributed by atoms with E-state index < -0.39 is 0 Å². The SMILES string of the molecule is CCCCCCCCc1c(C)nn(C(=O)COc2ccc(Br)cc2Br)c1C. The highest BCUT2D eigenvalue weighted by molar-refractivity contribution is 9.11. The molecule has 0 saturated heterocycles. The first-order valence-electron chi connectivity index (χ1n) is 9.60. The molecule has 0 aliphatic heterocycles. The minimum absolute atomic E-state index is 0.0430. The fourth-order valence-electron chi connectivity index (χ4n) is 3.15. The van der Waals surface area contributed by atoms with E-state index in [1.165, 1.54) is 42.3 Å². The first kappa shape index (κ1) is 22.2. The van der Waals surface area contributed by atoms with Gasteiger partial charge in [0.2, 0.25) is 0 Å². The van der Waals surface area contributed by atoms with Gasteiger partial charge in [-0.3, -0.25) is 4.79 Å². The minimum Gasteiger partial charge on any atom is -0.482 e. The van der Waals surface area contributed by atoms with Crippen LogP contribution in [0.15, 0.2) is 27.1 Å². The zero-order valence-corrected chi connectivity index (χ0v) is 19.5. The second-order valence-corrected chi connectivity index (χ2v) is 8.61. The van der Waals surface area contributed by atoms with Crippen LogP contribution in [0.4, 0.5) is 0 Å². The first-order valence-corrected chi connectivity index (χ1v) is 11.2. The predicted octanol–water partition coefficient (Wildman–Crippen LogP) is 6.65. The summed E-state index contributed by atoms with van der Waals surface area (Å²) in [6.45, 7) is 6.14. The number of carbonyl (C=O) groups excluding carboxylic acids is 1. The van der Waals surface area contributed by atoms with Crippen LogP contribution >= 0.6 is 31.9 Å². The summed E-state index contributed by atoms with van der Waals surface area (Å²) in [6, 6.07) is 5.60. The van der Waals surface area contributed by atoms with Crippen LogP contribution in [-0.4, -0.2) is 22.3 Å². The second-order valence-electron chi connectivity index (χ2n) is 6.84. The van der Waals surface area contributed by atoms with E-state index in [0.29, 0.717) is 5.75 Å². The largest absolute Gasteiger partial charge is 0.482 e. The van der Waals surface area contributed by atoms with Gasteiger partial charge in [-0.15, -0.1) is 0 Å². The third-order valence-corrected chi connectivity index (χ3v) is 5.82. The van der Waals surface area contributed by atoms with Gasteiger partial charge in [0.05, 0.1) is 10.2 Å². The van der Waals surface area contributed by atoms with Crippen LogP contribution in [0.3, 0.4) is 0 Å². The number of rotatable bonds is 10. The average Bonchev–Trinajstić information content (AvgIpc) is 2.91. The number of hydrogen-bond donors (Lipinski definition) is 0. The number of ether oxygens (including phenoxy) is 1. The normalized spacial score (nSPS) is 11.0. The van der Waals surface area contributed by atoms with E-state index >= 15 is 0 Å². The molecule has 0 amide bonds. The molecular weight excluding hydrogens is 472 g/mol. The molecule has 0 N–H and O–H groups in total. The Bertz CT molecular complexity index is 772. The molecule has 0 unspecified atom stereocenters. The van der Waals surface area contributed by atoms with E-state index in [9.17, 15) is 4.79 Å². The summed E-state index contributed by atoms with van der Waals surface area (Å²) in [7, 11) is 0. The van der Waals surface area contributed by atoms with Crippen LogP contribution in [-0.2, 0) is 6.42 Å². The van der Waals surface area contributed by atoms with E-state index in [-0.39, 0.29) is 12.5 Å². The lowest BCUT2D eigenvalue weighted by molar-refractivity contribution is 0.0817. The lowest BCUT2D eigenvalue weighted by atomic mass is 10.0. The number of halogens is 2. The minimum atomic E-state index is -0.153. The molecule has 148 valence electrons. The summed E-state index contributed by atoms with van der Waals surface area (Å²) in [5.41, 5.74) is 3.08. The maximum absolute atomic E-state index is 12.6. The highest BCUT2D eigenvalue weighted by atomic mass is 79.9. The van der Waals surface area contributed by atoms with Gasteiger partial charge in [-0.05, 0) is 66.4 Å². The Balaban J connectivity index is 1.92. The highest BCUT2D eigenvalue weighted by Crippen LogP contribution is 2.28. The lowest BCUT2D eigenvalue weighted by Gasteiger charge is -2.09.